The van der Waals surface area contributed by atoms with Crippen LogP contribution >= 0.6 is 0 Å². The van der Waals surface area contributed by atoms with Crippen molar-refractivity contribution in [3.05, 3.63) is 0 Å². The van der Waals surface area contributed by atoms with Crippen molar-refractivity contribution in [2.75, 3.05) is 19.7 Å². The number of carboxylic acids is 1. The second-order valence-electron chi connectivity index (χ2n) is 6.90. The number of aliphatic carboxylic acids is 1. The molecule has 2 aliphatic rings. The quantitative estimate of drug-likeness (QED) is 0.696. The molecule has 0 bridgehead atoms. The van der Waals surface area contributed by atoms with Gasteiger partial charge in [0.2, 0.25) is 0 Å². The molecule has 0 amide bonds. The van der Waals surface area contributed by atoms with Gasteiger partial charge in [0, 0.05) is 30.4 Å². The van der Waals surface area contributed by atoms with E-state index in [1.165, 1.54) is 6.42 Å². The average Bonchev–Trinajstić information content (AvgIpc) is 2.80. The van der Waals surface area contributed by atoms with Gasteiger partial charge in [-0.05, 0) is 38.8 Å². The Kier molecular flexibility index (Phi) is 5.08. The van der Waals surface area contributed by atoms with Gasteiger partial charge in [-0.25, -0.2) is 0 Å². The minimum Gasteiger partial charge on any atom is -0.481 e. The van der Waals surface area contributed by atoms with Crippen LogP contribution in [0.1, 0.15) is 52.9 Å². The van der Waals surface area contributed by atoms with Crippen LogP contribution in [-0.2, 0) is 9.53 Å². The van der Waals surface area contributed by atoms with E-state index in [1.54, 1.807) is 0 Å². The van der Waals surface area contributed by atoms with E-state index < -0.39 is 5.97 Å². The number of carboxylic acid groups (broad SMARTS) is 1. The smallest absolute Gasteiger partial charge is 0.303 e. The fourth-order valence-corrected chi connectivity index (χ4v) is 4.31. The largest absolute Gasteiger partial charge is 0.481 e. The summed E-state index contributed by atoms with van der Waals surface area (Å²) < 4.78 is 5.88. The number of rotatable bonds is 8. The molecule has 1 N–H and O–H groups in total. The summed E-state index contributed by atoms with van der Waals surface area (Å²) in [4.78, 5) is 13.2. The highest BCUT2D eigenvalue weighted by atomic mass is 16.5. The molecule has 4 heteroatoms. The van der Waals surface area contributed by atoms with E-state index in [0.29, 0.717) is 24.5 Å². The second-order valence-corrected chi connectivity index (χ2v) is 6.90. The number of carbonyl (C=O) groups is 1. The zero-order valence-electron chi connectivity index (χ0n) is 13.1. The number of nitrogens with zero attached hydrogens (tertiary/aromatic N) is 1. The molecule has 1 aliphatic heterocycles. The zero-order valence-corrected chi connectivity index (χ0v) is 13.1. The third-order valence-electron chi connectivity index (χ3n) is 5.03. The van der Waals surface area contributed by atoms with Crippen molar-refractivity contribution >= 4 is 5.97 Å². The van der Waals surface area contributed by atoms with Crippen LogP contribution in [0.3, 0.4) is 0 Å². The van der Waals surface area contributed by atoms with Crippen LogP contribution in [0, 0.1) is 11.3 Å². The van der Waals surface area contributed by atoms with Crippen molar-refractivity contribution in [3.63, 3.8) is 0 Å². The van der Waals surface area contributed by atoms with E-state index in [0.717, 1.165) is 39.0 Å². The van der Waals surface area contributed by atoms with Crippen LogP contribution in [0.5, 0.6) is 0 Å². The van der Waals surface area contributed by atoms with Gasteiger partial charge in [-0.2, -0.15) is 0 Å². The lowest BCUT2D eigenvalue weighted by atomic mass is 9.56. The van der Waals surface area contributed by atoms with Crippen LogP contribution < -0.4 is 0 Å². The maximum atomic E-state index is 10.6. The Balaban J connectivity index is 1.89. The third kappa shape index (κ3) is 3.01. The van der Waals surface area contributed by atoms with Crippen molar-refractivity contribution in [1.82, 2.24) is 4.90 Å². The first-order chi connectivity index (χ1) is 9.48. The van der Waals surface area contributed by atoms with Crippen LogP contribution in [-0.4, -0.2) is 47.8 Å². The summed E-state index contributed by atoms with van der Waals surface area (Å²) in [5, 5.41) is 8.72. The molecule has 0 aromatic carbocycles. The Bertz CT molecular complexity index is 343. The average molecular weight is 283 g/mol. The van der Waals surface area contributed by atoms with E-state index in [1.807, 2.05) is 0 Å². The third-order valence-corrected chi connectivity index (χ3v) is 5.03. The molecule has 2 fully saturated rings. The summed E-state index contributed by atoms with van der Waals surface area (Å²) in [6.07, 6.45) is 4.84. The summed E-state index contributed by atoms with van der Waals surface area (Å²) in [5.41, 5.74) is 0.239. The molecule has 1 saturated carbocycles. The topological polar surface area (TPSA) is 49.8 Å². The van der Waals surface area contributed by atoms with Gasteiger partial charge in [-0.1, -0.05) is 20.8 Å². The monoisotopic (exact) mass is 283 g/mol. The molecule has 116 valence electrons. The standard InChI is InChI=1S/C16H29NO3/c1-4-9-17(10-6-5-7-13(18)19)14-12-8-11-20-15(12)16(14,2)3/h12,14-15H,4-11H2,1-3H3,(H,18,19). The highest BCUT2D eigenvalue weighted by molar-refractivity contribution is 5.66. The minimum absolute atomic E-state index is 0.239. The summed E-state index contributed by atoms with van der Waals surface area (Å²) in [7, 11) is 0. The Morgan fingerprint density at radius 2 is 2.10 bits per heavy atom. The minimum atomic E-state index is -0.680. The Morgan fingerprint density at radius 3 is 2.75 bits per heavy atom. The number of hydrogen-bond donors (Lipinski definition) is 1. The van der Waals surface area contributed by atoms with E-state index in [2.05, 4.69) is 25.7 Å². The van der Waals surface area contributed by atoms with Gasteiger partial charge in [0.25, 0.3) is 0 Å². The van der Waals surface area contributed by atoms with Gasteiger partial charge in [-0.15, -0.1) is 0 Å². The first-order valence-electron chi connectivity index (χ1n) is 8.06. The molecule has 2 rings (SSSR count). The molecule has 1 aliphatic carbocycles. The van der Waals surface area contributed by atoms with Crippen LogP contribution in [0.4, 0.5) is 0 Å². The van der Waals surface area contributed by atoms with Crippen molar-refractivity contribution in [2.45, 2.75) is 65.0 Å². The Hall–Kier alpha value is -0.610. The Morgan fingerprint density at radius 1 is 1.35 bits per heavy atom. The predicted molar refractivity (Wildman–Crippen MR) is 78.8 cm³/mol. The second kappa shape index (κ2) is 6.44. The van der Waals surface area contributed by atoms with Gasteiger partial charge < -0.3 is 9.84 Å². The lowest BCUT2D eigenvalue weighted by Gasteiger charge is -2.59. The lowest BCUT2D eigenvalue weighted by Crippen LogP contribution is -2.66. The van der Waals surface area contributed by atoms with Crippen molar-refractivity contribution in [3.8, 4) is 0 Å². The van der Waals surface area contributed by atoms with Gasteiger partial charge in [0.15, 0.2) is 0 Å². The molecule has 1 saturated heterocycles. The van der Waals surface area contributed by atoms with Crippen molar-refractivity contribution in [2.24, 2.45) is 11.3 Å². The molecule has 0 spiro atoms. The molecule has 1 heterocycles. The highest BCUT2D eigenvalue weighted by Gasteiger charge is 2.60. The van der Waals surface area contributed by atoms with Crippen molar-refractivity contribution < 1.29 is 14.6 Å². The van der Waals surface area contributed by atoms with Gasteiger partial charge >= 0.3 is 5.97 Å². The van der Waals surface area contributed by atoms with Crippen LogP contribution in [0.2, 0.25) is 0 Å². The molecule has 0 aromatic rings. The zero-order chi connectivity index (χ0) is 14.8. The van der Waals surface area contributed by atoms with E-state index in [4.69, 9.17) is 9.84 Å². The molecular formula is C16H29NO3. The molecule has 3 unspecified atom stereocenters. The van der Waals surface area contributed by atoms with E-state index in [-0.39, 0.29) is 5.41 Å². The normalized spacial score (nSPS) is 31.1. The molecule has 0 aromatic heterocycles. The molecule has 4 nitrogen and oxygen atoms in total. The first-order valence-corrected chi connectivity index (χ1v) is 8.06. The SMILES string of the molecule is CCCN(CCCCC(=O)O)C1C2CCOC2C1(C)C. The van der Waals surface area contributed by atoms with Gasteiger partial charge in [-0.3, -0.25) is 9.69 Å². The molecular weight excluding hydrogens is 254 g/mol. The fourth-order valence-electron chi connectivity index (χ4n) is 4.31. The first kappa shape index (κ1) is 15.8. The highest BCUT2D eigenvalue weighted by Crippen LogP contribution is 2.54. The predicted octanol–water partition coefficient (Wildman–Crippen LogP) is 2.77. The Labute approximate surface area is 122 Å². The summed E-state index contributed by atoms with van der Waals surface area (Å²) in [5.74, 6) is 0.0105. The van der Waals surface area contributed by atoms with Gasteiger partial charge in [0.1, 0.15) is 0 Å². The summed E-state index contributed by atoms with van der Waals surface area (Å²) in [6.45, 7) is 9.92. The maximum absolute atomic E-state index is 10.6. The molecule has 0 radical (unpaired) electrons. The number of hydrogen-bond acceptors (Lipinski definition) is 3. The summed E-state index contributed by atoms with van der Waals surface area (Å²) in [6, 6.07) is 0.611. The fraction of sp³-hybridized carbons (Fsp3) is 0.938. The van der Waals surface area contributed by atoms with Crippen LogP contribution in [0.15, 0.2) is 0 Å². The number of ether oxygens (including phenoxy) is 1. The number of fused-ring (bicyclic) bond motifs is 1. The van der Waals surface area contributed by atoms with Crippen molar-refractivity contribution in [1.29, 1.82) is 0 Å². The van der Waals surface area contributed by atoms with E-state index >= 15 is 0 Å². The van der Waals surface area contributed by atoms with Crippen LogP contribution in [0.25, 0.3) is 0 Å². The molecule has 20 heavy (non-hydrogen) atoms. The summed E-state index contributed by atoms with van der Waals surface area (Å²) >= 11 is 0. The molecule has 3 atom stereocenters. The lowest BCUT2D eigenvalue weighted by molar-refractivity contribution is -0.155. The van der Waals surface area contributed by atoms with Gasteiger partial charge in [0.05, 0.1) is 6.10 Å². The maximum Gasteiger partial charge on any atom is 0.303 e. The number of unbranched alkanes of at least 4 members (excludes halogenated alkanes) is 1. The van der Waals surface area contributed by atoms with E-state index in [9.17, 15) is 4.79 Å².